The second kappa shape index (κ2) is 7.06. The van der Waals surface area contributed by atoms with Gasteiger partial charge < -0.3 is 10.1 Å². The Kier molecular flexibility index (Phi) is 5.40. The first kappa shape index (κ1) is 14.5. The molecule has 1 aliphatic heterocycles. The normalized spacial score (nSPS) is 16.7. The molecule has 106 valence electrons. The van der Waals surface area contributed by atoms with E-state index in [1.165, 1.54) is 11.1 Å². The zero-order valence-electron chi connectivity index (χ0n) is 11.8. The predicted molar refractivity (Wildman–Crippen MR) is 80.2 cm³/mol. The van der Waals surface area contributed by atoms with E-state index in [0.717, 1.165) is 43.9 Å². The van der Waals surface area contributed by atoms with E-state index < -0.39 is 10.8 Å². The van der Waals surface area contributed by atoms with E-state index in [9.17, 15) is 4.21 Å². The van der Waals surface area contributed by atoms with Crippen LogP contribution in [0.1, 0.15) is 36.9 Å². The summed E-state index contributed by atoms with van der Waals surface area (Å²) in [6, 6.07) is 6.89. The molecular formula is C15H23NO2S. The fraction of sp³-hybridized carbons (Fsp3) is 0.600. The van der Waals surface area contributed by atoms with Gasteiger partial charge in [0.15, 0.2) is 0 Å². The van der Waals surface area contributed by atoms with Crippen LogP contribution in [0.4, 0.5) is 0 Å². The summed E-state index contributed by atoms with van der Waals surface area (Å²) in [7, 11) is -0.683. The third kappa shape index (κ3) is 4.05. The molecule has 1 aromatic carbocycles. The molecule has 1 heterocycles. The van der Waals surface area contributed by atoms with Crippen LogP contribution in [0.15, 0.2) is 18.2 Å². The van der Waals surface area contributed by atoms with Crippen molar-refractivity contribution in [2.24, 2.45) is 0 Å². The highest BCUT2D eigenvalue weighted by Gasteiger charge is 2.15. The number of benzene rings is 1. The van der Waals surface area contributed by atoms with Gasteiger partial charge in [-0.3, -0.25) is 4.21 Å². The number of rotatable bonds is 7. The Morgan fingerprint density at radius 3 is 3.05 bits per heavy atom. The summed E-state index contributed by atoms with van der Waals surface area (Å²) >= 11 is 0. The van der Waals surface area contributed by atoms with Crippen LogP contribution in [-0.4, -0.2) is 29.4 Å². The summed E-state index contributed by atoms with van der Waals surface area (Å²) < 4.78 is 16.6. The van der Waals surface area contributed by atoms with Crippen molar-refractivity contribution < 1.29 is 8.95 Å². The third-order valence-corrected chi connectivity index (χ3v) is 4.39. The van der Waals surface area contributed by atoms with Gasteiger partial charge in [0.2, 0.25) is 0 Å². The fourth-order valence-electron chi connectivity index (χ4n) is 2.47. The molecule has 0 bridgehead atoms. The van der Waals surface area contributed by atoms with E-state index >= 15 is 0 Å². The first-order valence-electron chi connectivity index (χ1n) is 6.99. The molecule has 0 amide bonds. The minimum atomic E-state index is -0.683. The maximum absolute atomic E-state index is 11.0. The zero-order chi connectivity index (χ0) is 13.7. The maximum Gasteiger partial charge on any atom is 0.122 e. The van der Waals surface area contributed by atoms with Gasteiger partial charge in [-0.2, -0.15) is 0 Å². The lowest BCUT2D eigenvalue weighted by atomic mass is 10.0. The first-order valence-corrected chi connectivity index (χ1v) is 8.72. The average molecular weight is 281 g/mol. The van der Waals surface area contributed by atoms with Gasteiger partial charge in [0, 0.05) is 35.3 Å². The Bertz CT molecular complexity index is 448. The van der Waals surface area contributed by atoms with E-state index in [1.807, 2.05) is 0 Å². The monoisotopic (exact) mass is 281 g/mol. The quantitative estimate of drug-likeness (QED) is 0.780. The molecule has 0 spiro atoms. The molecule has 19 heavy (non-hydrogen) atoms. The van der Waals surface area contributed by atoms with Crippen molar-refractivity contribution >= 4 is 10.8 Å². The number of hydrogen-bond acceptors (Lipinski definition) is 3. The summed E-state index contributed by atoms with van der Waals surface area (Å²) in [5, 5.41) is 3.56. The summed E-state index contributed by atoms with van der Waals surface area (Å²) in [6.07, 6.45) is 4.81. The van der Waals surface area contributed by atoms with Crippen LogP contribution in [0.3, 0.4) is 0 Å². The van der Waals surface area contributed by atoms with Crippen LogP contribution in [0.2, 0.25) is 0 Å². The Labute approximate surface area is 118 Å². The van der Waals surface area contributed by atoms with Crippen molar-refractivity contribution in [3.8, 4) is 5.75 Å². The smallest absolute Gasteiger partial charge is 0.122 e. The Balaban J connectivity index is 1.92. The predicted octanol–water partition coefficient (Wildman–Crippen LogP) is 2.43. The lowest BCUT2D eigenvalue weighted by Crippen LogP contribution is -2.23. The number of fused-ring (bicyclic) bond motifs is 1. The van der Waals surface area contributed by atoms with Gasteiger partial charge in [-0.1, -0.05) is 19.1 Å². The fourth-order valence-corrected chi connectivity index (χ4v) is 3.02. The topological polar surface area (TPSA) is 38.3 Å². The molecule has 0 radical (unpaired) electrons. The summed E-state index contributed by atoms with van der Waals surface area (Å²) in [5.41, 5.74) is 2.66. The van der Waals surface area contributed by atoms with E-state index in [2.05, 4.69) is 30.4 Å². The standard InChI is InChI=1S/C15H23NO2S/c1-3-14(16-8-4-10-19(2)17)12-5-6-15-13(11-12)7-9-18-15/h5-6,11,14,16H,3-4,7-10H2,1-2H3. The molecule has 1 aromatic rings. The van der Waals surface area contributed by atoms with Crippen molar-refractivity contribution in [1.29, 1.82) is 0 Å². The minimum Gasteiger partial charge on any atom is -0.493 e. The Morgan fingerprint density at radius 2 is 2.32 bits per heavy atom. The van der Waals surface area contributed by atoms with Crippen molar-refractivity contribution in [2.45, 2.75) is 32.2 Å². The lowest BCUT2D eigenvalue weighted by Gasteiger charge is -2.18. The van der Waals surface area contributed by atoms with Gasteiger partial charge >= 0.3 is 0 Å². The van der Waals surface area contributed by atoms with Crippen molar-refractivity contribution in [3.63, 3.8) is 0 Å². The molecule has 0 saturated heterocycles. The van der Waals surface area contributed by atoms with E-state index in [4.69, 9.17) is 4.74 Å². The van der Waals surface area contributed by atoms with E-state index in [0.29, 0.717) is 6.04 Å². The molecule has 0 fully saturated rings. The second-order valence-electron chi connectivity index (χ2n) is 5.01. The van der Waals surface area contributed by atoms with E-state index in [1.54, 1.807) is 6.26 Å². The summed E-state index contributed by atoms with van der Waals surface area (Å²) in [6.45, 7) is 3.93. The molecule has 1 aliphatic rings. The maximum atomic E-state index is 11.0. The van der Waals surface area contributed by atoms with Gasteiger partial charge in [-0.15, -0.1) is 0 Å². The highest BCUT2D eigenvalue weighted by molar-refractivity contribution is 7.84. The van der Waals surface area contributed by atoms with Crippen molar-refractivity contribution in [3.05, 3.63) is 29.3 Å². The van der Waals surface area contributed by atoms with Crippen LogP contribution in [0.25, 0.3) is 0 Å². The van der Waals surface area contributed by atoms with Gasteiger partial charge in [-0.25, -0.2) is 0 Å². The first-order chi connectivity index (χ1) is 9.20. The zero-order valence-corrected chi connectivity index (χ0v) is 12.6. The molecule has 0 saturated carbocycles. The summed E-state index contributed by atoms with van der Waals surface area (Å²) in [4.78, 5) is 0. The Hall–Kier alpha value is -0.870. The van der Waals surface area contributed by atoms with Gasteiger partial charge in [0.05, 0.1) is 6.61 Å². The molecule has 3 nitrogen and oxygen atoms in total. The van der Waals surface area contributed by atoms with Gasteiger partial charge in [-0.05, 0) is 36.6 Å². The molecule has 4 heteroatoms. The largest absolute Gasteiger partial charge is 0.493 e. The summed E-state index contributed by atoms with van der Waals surface area (Å²) in [5.74, 6) is 1.82. The second-order valence-corrected chi connectivity index (χ2v) is 6.57. The molecule has 2 rings (SSSR count). The number of ether oxygens (including phenoxy) is 1. The molecule has 0 aliphatic carbocycles. The van der Waals surface area contributed by atoms with Crippen LogP contribution >= 0.6 is 0 Å². The number of hydrogen-bond donors (Lipinski definition) is 1. The Morgan fingerprint density at radius 1 is 1.47 bits per heavy atom. The minimum absolute atomic E-state index is 0.385. The van der Waals surface area contributed by atoms with Gasteiger partial charge in [0.1, 0.15) is 5.75 Å². The van der Waals surface area contributed by atoms with E-state index in [-0.39, 0.29) is 0 Å². The molecular weight excluding hydrogens is 258 g/mol. The van der Waals surface area contributed by atoms with Gasteiger partial charge in [0.25, 0.3) is 0 Å². The third-order valence-electron chi connectivity index (χ3n) is 3.52. The number of nitrogens with one attached hydrogen (secondary N) is 1. The molecule has 2 atom stereocenters. The molecule has 1 N–H and O–H groups in total. The van der Waals surface area contributed by atoms with Crippen molar-refractivity contribution in [2.75, 3.05) is 25.2 Å². The lowest BCUT2D eigenvalue weighted by molar-refractivity contribution is 0.356. The molecule has 2 unspecified atom stereocenters. The average Bonchev–Trinajstić information content (AvgIpc) is 2.85. The molecule has 0 aromatic heterocycles. The van der Waals surface area contributed by atoms with Crippen LogP contribution in [0.5, 0.6) is 5.75 Å². The van der Waals surface area contributed by atoms with Crippen LogP contribution in [-0.2, 0) is 17.2 Å². The van der Waals surface area contributed by atoms with Crippen LogP contribution in [0, 0.1) is 0 Å². The van der Waals surface area contributed by atoms with Crippen LogP contribution < -0.4 is 10.1 Å². The van der Waals surface area contributed by atoms with Crippen molar-refractivity contribution in [1.82, 2.24) is 5.32 Å². The highest BCUT2D eigenvalue weighted by Crippen LogP contribution is 2.29. The highest BCUT2D eigenvalue weighted by atomic mass is 32.2. The SMILES string of the molecule is CCC(NCCCS(C)=O)c1ccc2c(c1)CCO2.